The maximum Gasteiger partial charge on any atom is 0.191 e. The second-order valence-corrected chi connectivity index (χ2v) is 5.90. The van der Waals surface area contributed by atoms with E-state index in [1.54, 1.807) is 0 Å². The monoisotopic (exact) mass is 402 g/mol. The van der Waals surface area contributed by atoms with E-state index in [0.29, 0.717) is 6.04 Å². The van der Waals surface area contributed by atoms with Crippen molar-refractivity contribution in [1.29, 1.82) is 0 Å². The summed E-state index contributed by atoms with van der Waals surface area (Å²) in [7, 11) is 6.02. The molecule has 0 heterocycles. The first-order valence-corrected chi connectivity index (χ1v) is 7.29. The Balaban J connectivity index is 0.00000220. The topological polar surface area (TPSA) is 39.7 Å². The number of hydrogen-bond donors (Lipinski definition) is 2. The molecule has 1 fully saturated rings. The Hall–Kier alpha value is -0.820. The van der Waals surface area contributed by atoms with E-state index in [0.717, 1.165) is 25.0 Å². The van der Waals surface area contributed by atoms with E-state index in [1.807, 2.05) is 7.05 Å². The number of hydrogen-bond acceptors (Lipinski definition) is 2. The summed E-state index contributed by atoms with van der Waals surface area (Å²) >= 11 is 0. The van der Waals surface area contributed by atoms with Crippen molar-refractivity contribution in [3.63, 3.8) is 0 Å². The predicted octanol–water partition coefficient (Wildman–Crippen LogP) is 2.44. The van der Waals surface area contributed by atoms with Crippen LogP contribution in [0.25, 0.3) is 0 Å². The van der Waals surface area contributed by atoms with E-state index < -0.39 is 0 Å². The molecular weight excluding hydrogens is 375 g/mol. The quantitative estimate of drug-likeness (QED) is 0.452. The third kappa shape index (κ3) is 5.82. The average Bonchev–Trinajstić information content (AvgIpc) is 3.11. The molecule has 118 valence electrons. The zero-order valence-electron chi connectivity index (χ0n) is 13.4. The molecule has 0 aromatic heterocycles. The molecule has 21 heavy (non-hydrogen) atoms. The van der Waals surface area contributed by atoms with Crippen LogP contribution in [0, 0.1) is 5.92 Å². The summed E-state index contributed by atoms with van der Waals surface area (Å²) in [4.78, 5) is 6.48. The number of aliphatic imine (C=N–C) groups is 1. The van der Waals surface area contributed by atoms with Gasteiger partial charge in [-0.1, -0.05) is 31.2 Å². The molecule has 2 rings (SSSR count). The Kier molecular flexibility index (Phi) is 7.45. The molecule has 1 aliphatic rings. The van der Waals surface area contributed by atoms with Crippen LogP contribution in [0.3, 0.4) is 0 Å². The molecule has 2 N–H and O–H groups in total. The Morgan fingerprint density at radius 3 is 2.43 bits per heavy atom. The van der Waals surface area contributed by atoms with Gasteiger partial charge in [0.1, 0.15) is 0 Å². The number of halogens is 1. The molecule has 1 aromatic rings. The Morgan fingerprint density at radius 2 is 1.90 bits per heavy atom. The van der Waals surface area contributed by atoms with E-state index in [4.69, 9.17) is 0 Å². The second kappa shape index (κ2) is 8.58. The Labute approximate surface area is 145 Å². The normalized spacial score (nSPS) is 20.9. The van der Waals surface area contributed by atoms with Crippen LogP contribution in [0.2, 0.25) is 0 Å². The number of nitrogens with one attached hydrogen (secondary N) is 2. The van der Waals surface area contributed by atoms with Gasteiger partial charge in [-0.2, -0.15) is 0 Å². The first-order valence-electron chi connectivity index (χ1n) is 7.29. The van der Waals surface area contributed by atoms with Crippen LogP contribution in [0.5, 0.6) is 0 Å². The molecule has 0 bridgehead atoms. The van der Waals surface area contributed by atoms with Gasteiger partial charge >= 0.3 is 0 Å². The smallest absolute Gasteiger partial charge is 0.191 e. The number of guanidine groups is 1. The molecule has 1 aromatic carbocycles. The molecule has 0 spiro atoms. The van der Waals surface area contributed by atoms with Gasteiger partial charge in [0, 0.05) is 26.2 Å². The maximum atomic E-state index is 4.29. The maximum absolute atomic E-state index is 4.29. The summed E-state index contributed by atoms with van der Waals surface area (Å²) in [5.74, 6) is 1.67. The van der Waals surface area contributed by atoms with E-state index in [9.17, 15) is 0 Å². The molecule has 0 aliphatic heterocycles. The van der Waals surface area contributed by atoms with Crippen molar-refractivity contribution in [2.45, 2.75) is 32.5 Å². The fourth-order valence-electron chi connectivity index (χ4n) is 2.30. The van der Waals surface area contributed by atoms with Crippen LogP contribution in [-0.4, -0.2) is 38.0 Å². The molecule has 0 saturated heterocycles. The van der Waals surface area contributed by atoms with Crippen molar-refractivity contribution < 1.29 is 0 Å². The summed E-state index contributed by atoms with van der Waals surface area (Å²) in [5, 5.41) is 6.86. The van der Waals surface area contributed by atoms with Gasteiger partial charge in [0.05, 0.1) is 0 Å². The number of nitrogens with zero attached hydrogens (tertiary/aromatic N) is 2. The van der Waals surface area contributed by atoms with Gasteiger partial charge in [-0.3, -0.25) is 4.99 Å². The summed E-state index contributed by atoms with van der Waals surface area (Å²) in [6.07, 6.45) is 1.25. The SMILES string of the molecule is CN=C(NCc1ccccc1CN(C)C)NC1CC1C.I. The first kappa shape index (κ1) is 18.2. The highest BCUT2D eigenvalue weighted by Crippen LogP contribution is 2.28. The third-order valence-electron chi connectivity index (χ3n) is 3.71. The summed E-state index contributed by atoms with van der Waals surface area (Å²) < 4.78 is 0. The summed E-state index contributed by atoms with van der Waals surface area (Å²) in [6, 6.07) is 9.16. The standard InChI is InChI=1S/C16H26N4.HI/c1-12-9-15(12)19-16(17-2)18-10-13-7-5-6-8-14(13)11-20(3)4;/h5-8,12,15H,9-11H2,1-4H3,(H2,17,18,19);1H. The van der Waals surface area contributed by atoms with Crippen molar-refractivity contribution in [2.24, 2.45) is 10.9 Å². The Bertz CT molecular complexity index is 473. The van der Waals surface area contributed by atoms with Gasteiger partial charge < -0.3 is 15.5 Å². The van der Waals surface area contributed by atoms with Crippen molar-refractivity contribution in [3.05, 3.63) is 35.4 Å². The van der Waals surface area contributed by atoms with Crippen LogP contribution in [0.15, 0.2) is 29.3 Å². The van der Waals surface area contributed by atoms with Gasteiger partial charge in [0.25, 0.3) is 0 Å². The fourth-order valence-corrected chi connectivity index (χ4v) is 2.30. The van der Waals surface area contributed by atoms with E-state index >= 15 is 0 Å². The predicted molar refractivity (Wildman–Crippen MR) is 100 cm³/mol. The fraction of sp³-hybridized carbons (Fsp3) is 0.562. The van der Waals surface area contributed by atoms with Gasteiger partial charge in [-0.25, -0.2) is 0 Å². The molecule has 1 aliphatic carbocycles. The molecule has 0 radical (unpaired) electrons. The summed E-state index contributed by atoms with van der Waals surface area (Å²) in [6.45, 7) is 4.03. The molecule has 4 nitrogen and oxygen atoms in total. The highest BCUT2D eigenvalue weighted by molar-refractivity contribution is 14.0. The van der Waals surface area contributed by atoms with E-state index in [2.05, 4.69) is 65.8 Å². The highest BCUT2D eigenvalue weighted by Gasteiger charge is 2.33. The van der Waals surface area contributed by atoms with Crippen molar-refractivity contribution in [1.82, 2.24) is 15.5 Å². The van der Waals surface area contributed by atoms with Crippen LogP contribution in [0.1, 0.15) is 24.5 Å². The number of benzene rings is 1. The molecular formula is C16H27IN4. The summed E-state index contributed by atoms with van der Waals surface area (Å²) in [5.41, 5.74) is 2.69. The minimum absolute atomic E-state index is 0. The minimum atomic E-state index is 0. The average molecular weight is 402 g/mol. The van der Waals surface area contributed by atoms with E-state index in [1.165, 1.54) is 17.5 Å². The lowest BCUT2D eigenvalue weighted by molar-refractivity contribution is 0.400. The Morgan fingerprint density at radius 1 is 1.29 bits per heavy atom. The van der Waals surface area contributed by atoms with E-state index in [-0.39, 0.29) is 24.0 Å². The van der Waals surface area contributed by atoms with Crippen LogP contribution in [-0.2, 0) is 13.1 Å². The van der Waals surface area contributed by atoms with Gasteiger partial charge in [-0.05, 0) is 37.6 Å². The van der Waals surface area contributed by atoms with Gasteiger partial charge in [0.2, 0.25) is 0 Å². The van der Waals surface area contributed by atoms with Gasteiger partial charge in [-0.15, -0.1) is 24.0 Å². The molecule has 2 atom stereocenters. The zero-order valence-corrected chi connectivity index (χ0v) is 15.7. The molecule has 2 unspecified atom stereocenters. The van der Waals surface area contributed by atoms with Crippen LogP contribution >= 0.6 is 24.0 Å². The van der Waals surface area contributed by atoms with Gasteiger partial charge in [0.15, 0.2) is 5.96 Å². The van der Waals surface area contributed by atoms with Crippen molar-refractivity contribution in [2.75, 3.05) is 21.1 Å². The molecule has 5 heteroatoms. The minimum Gasteiger partial charge on any atom is -0.353 e. The highest BCUT2D eigenvalue weighted by atomic mass is 127. The zero-order chi connectivity index (χ0) is 14.5. The first-order chi connectivity index (χ1) is 9.60. The number of rotatable bonds is 5. The van der Waals surface area contributed by atoms with Crippen molar-refractivity contribution >= 4 is 29.9 Å². The van der Waals surface area contributed by atoms with Crippen LogP contribution in [0.4, 0.5) is 0 Å². The lowest BCUT2D eigenvalue weighted by Crippen LogP contribution is -2.38. The molecule has 0 amide bonds. The third-order valence-corrected chi connectivity index (χ3v) is 3.71. The lowest BCUT2D eigenvalue weighted by atomic mass is 10.1. The van der Waals surface area contributed by atoms with Crippen molar-refractivity contribution in [3.8, 4) is 0 Å². The largest absolute Gasteiger partial charge is 0.353 e. The van der Waals surface area contributed by atoms with Crippen LogP contribution < -0.4 is 10.6 Å². The molecule has 1 saturated carbocycles. The second-order valence-electron chi connectivity index (χ2n) is 5.90. The lowest BCUT2D eigenvalue weighted by Gasteiger charge is -2.16.